The lowest BCUT2D eigenvalue weighted by Crippen LogP contribution is -2.24. The van der Waals surface area contributed by atoms with Gasteiger partial charge >= 0.3 is 0 Å². The van der Waals surface area contributed by atoms with Crippen LogP contribution in [0.25, 0.3) is 0 Å². The van der Waals surface area contributed by atoms with Gasteiger partial charge in [-0.25, -0.2) is 8.42 Å². The Kier molecular flexibility index (Phi) is 5.94. The van der Waals surface area contributed by atoms with Crippen LogP contribution in [0.15, 0.2) is 28.1 Å². The summed E-state index contributed by atoms with van der Waals surface area (Å²) in [6.07, 6.45) is 6.69. The van der Waals surface area contributed by atoms with E-state index in [1.807, 2.05) is 0 Å². The second kappa shape index (κ2) is 7.77. The van der Waals surface area contributed by atoms with Gasteiger partial charge in [0.25, 0.3) is 5.91 Å². The molecular formula is C17H23N3O4S. The van der Waals surface area contributed by atoms with E-state index in [1.54, 1.807) is 0 Å². The minimum atomic E-state index is -3.69. The summed E-state index contributed by atoms with van der Waals surface area (Å²) in [5.41, 5.74) is 10.5. The standard InChI is InChI=1S/C17H23N3O4S/c1-25(23,24)15-10-12(16(22)20-17(18)19)7-8-13(15)14(21)9-11-5-3-2-4-6-11/h7-8,10-11H,2-6,9H2,1H3,(H4,18,19,20,22). The van der Waals surface area contributed by atoms with Gasteiger partial charge in [-0.3, -0.25) is 9.59 Å². The van der Waals surface area contributed by atoms with Gasteiger partial charge < -0.3 is 11.5 Å². The lowest BCUT2D eigenvalue weighted by molar-refractivity contribution is 0.0944. The van der Waals surface area contributed by atoms with E-state index in [-0.39, 0.29) is 27.7 Å². The number of nitrogens with zero attached hydrogens (tertiary/aromatic N) is 1. The highest BCUT2D eigenvalue weighted by atomic mass is 32.2. The lowest BCUT2D eigenvalue weighted by Gasteiger charge is -2.21. The Labute approximate surface area is 147 Å². The molecule has 0 unspecified atom stereocenters. The van der Waals surface area contributed by atoms with Crippen LogP contribution in [0.3, 0.4) is 0 Å². The molecule has 1 saturated carbocycles. The van der Waals surface area contributed by atoms with Gasteiger partial charge in [0.2, 0.25) is 0 Å². The average Bonchev–Trinajstić information content (AvgIpc) is 2.53. The summed E-state index contributed by atoms with van der Waals surface area (Å²) in [6.45, 7) is 0. The maximum Gasteiger partial charge on any atom is 0.280 e. The van der Waals surface area contributed by atoms with Crippen LogP contribution in [0.5, 0.6) is 0 Å². The first kappa shape index (κ1) is 19.1. The zero-order chi connectivity index (χ0) is 18.6. The third-order valence-corrected chi connectivity index (χ3v) is 5.49. The highest BCUT2D eigenvalue weighted by molar-refractivity contribution is 7.90. The molecule has 0 bridgehead atoms. The molecule has 8 heteroatoms. The van der Waals surface area contributed by atoms with Gasteiger partial charge in [-0.15, -0.1) is 0 Å². The van der Waals surface area contributed by atoms with Gasteiger partial charge in [0.15, 0.2) is 21.6 Å². The van der Waals surface area contributed by atoms with E-state index in [9.17, 15) is 18.0 Å². The number of carbonyl (C=O) groups excluding carboxylic acids is 2. The van der Waals surface area contributed by atoms with Gasteiger partial charge in [0.05, 0.1) is 4.90 Å². The van der Waals surface area contributed by atoms with Crippen molar-refractivity contribution in [3.8, 4) is 0 Å². The summed E-state index contributed by atoms with van der Waals surface area (Å²) in [7, 11) is -3.69. The molecule has 1 fully saturated rings. The molecule has 25 heavy (non-hydrogen) atoms. The number of ketones is 1. The first-order valence-electron chi connectivity index (χ1n) is 8.19. The minimum Gasteiger partial charge on any atom is -0.370 e. The highest BCUT2D eigenvalue weighted by Gasteiger charge is 2.24. The van der Waals surface area contributed by atoms with Crippen molar-refractivity contribution < 1.29 is 18.0 Å². The summed E-state index contributed by atoms with van der Waals surface area (Å²) < 4.78 is 24.2. The van der Waals surface area contributed by atoms with Crippen molar-refractivity contribution >= 4 is 27.5 Å². The Balaban J connectivity index is 2.35. The van der Waals surface area contributed by atoms with Crippen molar-refractivity contribution in [1.82, 2.24) is 0 Å². The first-order chi connectivity index (χ1) is 11.7. The highest BCUT2D eigenvalue weighted by Crippen LogP contribution is 2.29. The third kappa shape index (κ3) is 5.12. The number of benzene rings is 1. The number of rotatable bonds is 5. The Morgan fingerprint density at radius 3 is 2.36 bits per heavy atom. The molecule has 4 N–H and O–H groups in total. The molecule has 1 amide bonds. The van der Waals surface area contributed by atoms with Crippen molar-refractivity contribution in [2.24, 2.45) is 22.4 Å². The number of guanidine groups is 1. The Morgan fingerprint density at radius 1 is 1.16 bits per heavy atom. The van der Waals surface area contributed by atoms with E-state index in [0.29, 0.717) is 6.42 Å². The summed E-state index contributed by atoms with van der Waals surface area (Å²) in [5.74, 6) is -1.09. The summed E-state index contributed by atoms with van der Waals surface area (Å²) in [5, 5.41) is 0. The molecule has 2 rings (SSSR count). The Bertz CT molecular complexity index is 805. The largest absolute Gasteiger partial charge is 0.370 e. The van der Waals surface area contributed by atoms with Crippen molar-refractivity contribution in [2.75, 3.05) is 6.26 Å². The monoisotopic (exact) mass is 365 g/mol. The number of hydrogen-bond donors (Lipinski definition) is 2. The number of nitrogens with two attached hydrogens (primary N) is 2. The first-order valence-corrected chi connectivity index (χ1v) is 10.1. The maximum absolute atomic E-state index is 12.6. The maximum atomic E-state index is 12.6. The van der Waals surface area contributed by atoms with Crippen LogP contribution in [0, 0.1) is 5.92 Å². The SMILES string of the molecule is CS(=O)(=O)c1cc(C(=O)N=C(N)N)ccc1C(=O)CC1CCCCC1. The molecular weight excluding hydrogens is 342 g/mol. The molecule has 1 aliphatic carbocycles. The average molecular weight is 365 g/mol. The fraction of sp³-hybridized carbons (Fsp3) is 0.471. The van der Waals surface area contributed by atoms with Crippen molar-refractivity contribution in [3.05, 3.63) is 29.3 Å². The zero-order valence-electron chi connectivity index (χ0n) is 14.2. The van der Waals surface area contributed by atoms with Crippen LogP contribution in [-0.2, 0) is 9.84 Å². The number of aliphatic imine (C=N–C) groups is 1. The molecule has 1 aromatic rings. The quantitative estimate of drug-likeness (QED) is 0.463. The molecule has 0 aliphatic heterocycles. The van der Waals surface area contributed by atoms with Crippen LogP contribution in [0.1, 0.15) is 59.2 Å². The number of hydrogen-bond acceptors (Lipinski definition) is 4. The molecule has 0 spiro atoms. The number of carbonyl (C=O) groups is 2. The summed E-state index contributed by atoms with van der Waals surface area (Å²) >= 11 is 0. The van der Waals surface area contributed by atoms with Gasteiger partial charge in [-0.2, -0.15) is 4.99 Å². The van der Waals surface area contributed by atoms with Crippen LogP contribution in [0.4, 0.5) is 0 Å². The predicted molar refractivity (Wildman–Crippen MR) is 95.2 cm³/mol. The molecule has 0 aromatic heterocycles. The zero-order valence-corrected chi connectivity index (χ0v) is 15.0. The van der Waals surface area contributed by atoms with Crippen LogP contribution in [-0.4, -0.2) is 32.3 Å². The van der Waals surface area contributed by atoms with Crippen LogP contribution in [0.2, 0.25) is 0 Å². The van der Waals surface area contributed by atoms with E-state index in [0.717, 1.165) is 38.0 Å². The van der Waals surface area contributed by atoms with Crippen LogP contribution < -0.4 is 11.5 Å². The molecule has 0 saturated heterocycles. The van der Waals surface area contributed by atoms with E-state index >= 15 is 0 Å². The second-order valence-electron chi connectivity index (χ2n) is 6.46. The van der Waals surface area contributed by atoms with Gasteiger partial charge in [0.1, 0.15) is 0 Å². The Hall–Kier alpha value is -2.22. The summed E-state index contributed by atoms with van der Waals surface area (Å²) in [6, 6.07) is 3.91. The summed E-state index contributed by atoms with van der Waals surface area (Å²) in [4.78, 5) is 27.8. The van der Waals surface area contributed by atoms with Crippen LogP contribution >= 0.6 is 0 Å². The molecule has 0 atom stereocenters. The molecule has 0 radical (unpaired) electrons. The third-order valence-electron chi connectivity index (χ3n) is 4.36. The van der Waals surface area contributed by atoms with Crippen molar-refractivity contribution in [3.63, 3.8) is 0 Å². The molecule has 1 aliphatic rings. The van der Waals surface area contributed by atoms with Crippen molar-refractivity contribution in [1.29, 1.82) is 0 Å². The molecule has 1 aromatic carbocycles. The fourth-order valence-electron chi connectivity index (χ4n) is 3.14. The van der Waals surface area contributed by atoms with E-state index < -0.39 is 21.7 Å². The molecule has 0 heterocycles. The molecule has 136 valence electrons. The van der Waals surface area contributed by atoms with Crippen molar-refractivity contribution in [2.45, 2.75) is 43.4 Å². The normalized spacial score (nSPS) is 15.6. The topological polar surface area (TPSA) is 133 Å². The smallest absolute Gasteiger partial charge is 0.280 e. The molecule has 7 nitrogen and oxygen atoms in total. The fourth-order valence-corrected chi connectivity index (χ4v) is 4.06. The lowest BCUT2D eigenvalue weighted by atomic mass is 9.84. The minimum absolute atomic E-state index is 0.0167. The van der Waals surface area contributed by atoms with E-state index in [1.165, 1.54) is 18.6 Å². The van der Waals surface area contributed by atoms with Gasteiger partial charge in [-0.05, 0) is 24.1 Å². The number of amides is 1. The second-order valence-corrected chi connectivity index (χ2v) is 8.44. The van der Waals surface area contributed by atoms with Gasteiger partial charge in [0, 0.05) is 23.8 Å². The van der Waals surface area contributed by atoms with Gasteiger partial charge in [-0.1, -0.05) is 32.1 Å². The number of sulfone groups is 1. The van der Waals surface area contributed by atoms with E-state index in [4.69, 9.17) is 11.5 Å². The Morgan fingerprint density at radius 2 is 1.80 bits per heavy atom. The predicted octanol–water partition coefficient (Wildman–Crippen LogP) is 1.66. The van der Waals surface area contributed by atoms with E-state index in [2.05, 4.69) is 4.99 Å². The number of Topliss-reactive ketones (excluding diaryl/α,β-unsaturated/α-hetero) is 1.